The van der Waals surface area contributed by atoms with Gasteiger partial charge in [-0.25, -0.2) is 17.2 Å². The van der Waals surface area contributed by atoms with E-state index >= 15 is 0 Å². The highest BCUT2D eigenvalue weighted by Gasteiger charge is 2.32. The Morgan fingerprint density at radius 2 is 1.58 bits per heavy atom. The van der Waals surface area contributed by atoms with Gasteiger partial charge in [0.1, 0.15) is 21.4 Å². The van der Waals surface area contributed by atoms with Crippen molar-refractivity contribution in [2.45, 2.75) is 4.90 Å². The Hall–Kier alpha value is -3.56. The fourth-order valence-corrected chi connectivity index (χ4v) is 6.14. The number of carbonyl (C=O) groups is 1. The van der Waals surface area contributed by atoms with Crippen molar-refractivity contribution in [2.24, 2.45) is 0 Å². The fourth-order valence-electron chi connectivity index (χ4n) is 3.28. The van der Waals surface area contributed by atoms with E-state index in [2.05, 4.69) is 5.32 Å². The zero-order valence-corrected chi connectivity index (χ0v) is 19.0. The van der Waals surface area contributed by atoms with E-state index in [4.69, 9.17) is 0 Å². The van der Waals surface area contributed by atoms with Crippen LogP contribution in [0.15, 0.2) is 89.1 Å². The number of hydrogen-bond acceptors (Lipinski definition) is 4. The molecule has 168 valence electrons. The van der Waals surface area contributed by atoms with Gasteiger partial charge in [0.25, 0.3) is 15.9 Å². The molecule has 0 aliphatic rings. The van der Waals surface area contributed by atoms with Crippen LogP contribution in [-0.2, 0) is 10.0 Å². The van der Waals surface area contributed by atoms with Gasteiger partial charge in [0.2, 0.25) is 0 Å². The van der Waals surface area contributed by atoms with Gasteiger partial charge in [0.05, 0.1) is 5.69 Å². The summed E-state index contributed by atoms with van der Waals surface area (Å²) in [5, 5.41) is 4.04. The van der Waals surface area contributed by atoms with Crippen LogP contribution >= 0.6 is 11.3 Å². The molecule has 1 heterocycles. The second kappa shape index (κ2) is 9.13. The van der Waals surface area contributed by atoms with Gasteiger partial charge in [-0.05, 0) is 48.0 Å². The molecule has 0 fully saturated rings. The average Bonchev–Trinajstić information content (AvgIpc) is 3.26. The van der Waals surface area contributed by atoms with Crippen LogP contribution in [0.4, 0.5) is 20.2 Å². The van der Waals surface area contributed by atoms with Gasteiger partial charge < -0.3 is 5.32 Å². The molecule has 33 heavy (non-hydrogen) atoms. The number of thiophene rings is 1. The van der Waals surface area contributed by atoms with E-state index in [9.17, 15) is 22.0 Å². The van der Waals surface area contributed by atoms with Crippen molar-refractivity contribution >= 4 is 38.6 Å². The number of nitrogens with one attached hydrogen (secondary N) is 1. The zero-order valence-electron chi connectivity index (χ0n) is 17.3. The molecule has 0 bridgehead atoms. The van der Waals surface area contributed by atoms with Crippen LogP contribution in [0, 0.1) is 11.6 Å². The van der Waals surface area contributed by atoms with Crippen molar-refractivity contribution < 1.29 is 22.0 Å². The third-order valence-corrected chi connectivity index (χ3v) is 7.89. The maximum absolute atomic E-state index is 13.9. The number of hydrogen-bond donors (Lipinski definition) is 1. The number of rotatable bonds is 6. The van der Waals surface area contributed by atoms with E-state index in [0.29, 0.717) is 11.3 Å². The van der Waals surface area contributed by atoms with Gasteiger partial charge >= 0.3 is 0 Å². The Bertz CT molecular complexity index is 1420. The highest BCUT2D eigenvalue weighted by atomic mass is 32.2. The number of para-hydroxylation sites is 1. The fraction of sp³-hybridized carbons (Fsp3) is 0.0417. The van der Waals surface area contributed by atoms with Crippen molar-refractivity contribution in [3.63, 3.8) is 0 Å². The normalized spacial score (nSPS) is 11.2. The van der Waals surface area contributed by atoms with Crippen LogP contribution in [0.2, 0.25) is 0 Å². The van der Waals surface area contributed by atoms with Crippen LogP contribution < -0.4 is 9.62 Å². The molecule has 0 spiro atoms. The average molecular weight is 485 g/mol. The smallest absolute Gasteiger partial charge is 0.267 e. The maximum Gasteiger partial charge on any atom is 0.267 e. The van der Waals surface area contributed by atoms with Crippen molar-refractivity contribution in [3.8, 4) is 11.1 Å². The zero-order chi connectivity index (χ0) is 23.6. The summed E-state index contributed by atoms with van der Waals surface area (Å²) >= 11 is 0.914. The van der Waals surface area contributed by atoms with E-state index in [1.54, 1.807) is 36.4 Å². The summed E-state index contributed by atoms with van der Waals surface area (Å²) in [6.07, 6.45) is 0. The number of carbonyl (C=O) groups excluding carboxylic acids is 1. The summed E-state index contributed by atoms with van der Waals surface area (Å²) in [5.41, 5.74) is 1.09. The lowest BCUT2D eigenvalue weighted by molar-refractivity contribution is 0.102. The number of amides is 1. The number of nitrogens with zero attached hydrogens (tertiary/aromatic N) is 1. The topological polar surface area (TPSA) is 66.5 Å². The molecule has 1 N–H and O–H groups in total. The Balaban J connectivity index is 1.85. The second-order valence-corrected chi connectivity index (χ2v) is 9.88. The Morgan fingerprint density at radius 1 is 0.909 bits per heavy atom. The molecule has 1 amide bonds. The summed E-state index contributed by atoms with van der Waals surface area (Å²) in [4.78, 5) is 12.7. The molecule has 0 aliphatic heterocycles. The lowest BCUT2D eigenvalue weighted by Gasteiger charge is -2.21. The number of benzene rings is 3. The quantitative estimate of drug-likeness (QED) is 0.378. The third kappa shape index (κ3) is 4.64. The van der Waals surface area contributed by atoms with E-state index in [-0.39, 0.29) is 21.0 Å². The van der Waals surface area contributed by atoms with E-state index in [1.165, 1.54) is 48.8 Å². The maximum atomic E-state index is 13.9. The first-order valence-electron chi connectivity index (χ1n) is 9.75. The summed E-state index contributed by atoms with van der Waals surface area (Å²) in [7, 11) is -2.85. The van der Waals surface area contributed by atoms with Crippen molar-refractivity contribution in [1.82, 2.24) is 0 Å². The van der Waals surface area contributed by atoms with Gasteiger partial charge in [0, 0.05) is 23.7 Å². The molecule has 0 radical (unpaired) electrons. The number of sulfonamides is 1. The minimum Gasteiger partial charge on any atom is -0.321 e. The van der Waals surface area contributed by atoms with Gasteiger partial charge in [-0.1, -0.05) is 36.4 Å². The van der Waals surface area contributed by atoms with Gasteiger partial charge in [-0.3, -0.25) is 9.10 Å². The molecule has 0 saturated heterocycles. The summed E-state index contributed by atoms with van der Waals surface area (Å²) in [5.74, 6) is -1.80. The van der Waals surface area contributed by atoms with Crippen molar-refractivity contribution in [3.05, 3.63) is 101 Å². The predicted molar refractivity (Wildman–Crippen MR) is 126 cm³/mol. The van der Waals surface area contributed by atoms with E-state index < -0.39 is 27.6 Å². The van der Waals surface area contributed by atoms with Gasteiger partial charge in [-0.2, -0.15) is 0 Å². The molecule has 0 atom stereocenters. The van der Waals surface area contributed by atoms with Crippen LogP contribution in [0.1, 0.15) is 9.67 Å². The lowest BCUT2D eigenvalue weighted by Crippen LogP contribution is -2.28. The Kier molecular flexibility index (Phi) is 6.26. The highest BCUT2D eigenvalue weighted by molar-refractivity contribution is 7.93. The summed E-state index contributed by atoms with van der Waals surface area (Å²) in [6.45, 7) is 0. The first kappa shape index (κ1) is 22.6. The minimum absolute atomic E-state index is 0.0960. The first-order valence-corrected chi connectivity index (χ1v) is 12.1. The summed E-state index contributed by atoms with van der Waals surface area (Å²) < 4.78 is 56.0. The lowest BCUT2D eigenvalue weighted by atomic mass is 10.1. The first-order chi connectivity index (χ1) is 15.8. The van der Waals surface area contributed by atoms with Crippen LogP contribution in [0.3, 0.4) is 0 Å². The monoisotopic (exact) mass is 484 g/mol. The molecule has 0 aliphatic carbocycles. The molecule has 0 unspecified atom stereocenters. The molecular weight excluding hydrogens is 466 g/mol. The molecule has 0 saturated carbocycles. The van der Waals surface area contributed by atoms with Crippen molar-refractivity contribution in [2.75, 3.05) is 16.7 Å². The predicted octanol–water partition coefficient (Wildman–Crippen LogP) is 5.77. The van der Waals surface area contributed by atoms with E-state index in [0.717, 1.165) is 21.7 Å². The van der Waals surface area contributed by atoms with E-state index in [1.807, 2.05) is 0 Å². The molecule has 4 rings (SSSR count). The Labute approximate surface area is 194 Å². The summed E-state index contributed by atoms with van der Waals surface area (Å²) in [6, 6.07) is 19.2. The molecule has 5 nitrogen and oxygen atoms in total. The molecule has 9 heteroatoms. The highest BCUT2D eigenvalue weighted by Crippen LogP contribution is 2.38. The molecular formula is C24H18F2N2O3S2. The van der Waals surface area contributed by atoms with Crippen LogP contribution in [0.5, 0.6) is 0 Å². The number of anilines is 2. The third-order valence-electron chi connectivity index (χ3n) is 4.91. The van der Waals surface area contributed by atoms with Crippen molar-refractivity contribution in [1.29, 1.82) is 0 Å². The van der Waals surface area contributed by atoms with Crippen LogP contribution in [-0.4, -0.2) is 21.4 Å². The molecule has 4 aromatic rings. The van der Waals surface area contributed by atoms with Gasteiger partial charge in [-0.15, -0.1) is 11.3 Å². The largest absolute Gasteiger partial charge is 0.321 e. The molecule has 1 aromatic heterocycles. The number of halogens is 2. The standard InChI is InChI=1S/C24H18F2N2O3S2/c1-28(20-11-3-2-4-12-20)33(30,31)23-21(16-7-5-8-17(25)13-16)15-32-22(23)24(29)27-19-10-6-9-18(26)14-19/h2-15H,1H3,(H,27,29). The van der Waals surface area contributed by atoms with Gasteiger partial charge in [0.15, 0.2) is 0 Å². The SMILES string of the molecule is CN(c1ccccc1)S(=O)(=O)c1c(-c2cccc(F)c2)csc1C(=O)Nc1cccc(F)c1. The molecule has 3 aromatic carbocycles. The minimum atomic E-state index is -4.23. The Morgan fingerprint density at radius 3 is 2.24 bits per heavy atom. The second-order valence-electron chi connectivity index (χ2n) is 7.09. The van der Waals surface area contributed by atoms with Crippen LogP contribution in [0.25, 0.3) is 11.1 Å².